The number of hydrogen-bond donors (Lipinski definition) is 2. The molecule has 0 saturated carbocycles. The van der Waals surface area contributed by atoms with Crippen LogP contribution in [0.4, 0.5) is 4.79 Å². The smallest absolute Gasteiger partial charge is 0.318 e. The van der Waals surface area contributed by atoms with E-state index in [1.54, 1.807) is 0 Å². The van der Waals surface area contributed by atoms with Gasteiger partial charge in [-0.25, -0.2) is 4.79 Å². The van der Waals surface area contributed by atoms with Gasteiger partial charge in [-0.05, 0) is 54.5 Å². The first-order valence-electron chi connectivity index (χ1n) is 6.44. The van der Waals surface area contributed by atoms with Crippen LogP contribution in [-0.2, 0) is 0 Å². The molecule has 0 radical (unpaired) electrons. The van der Waals surface area contributed by atoms with Gasteiger partial charge in [0.15, 0.2) is 0 Å². The van der Waals surface area contributed by atoms with Gasteiger partial charge in [0.1, 0.15) is 0 Å². The minimum atomic E-state index is -0.172. The van der Waals surface area contributed by atoms with Crippen molar-refractivity contribution in [1.82, 2.24) is 15.5 Å². The van der Waals surface area contributed by atoms with E-state index in [1.807, 2.05) is 4.90 Å². The van der Waals surface area contributed by atoms with Crippen LogP contribution >= 0.6 is 0 Å². The van der Waals surface area contributed by atoms with Crippen LogP contribution < -0.4 is 10.6 Å². The molecule has 100 valence electrons. The number of carbonyl (C=O) groups excluding carboxylic acids is 1. The number of nitrogens with zero attached hydrogens (tertiary/aromatic N) is 1. The van der Waals surface area contributed by atoms with Gasteiger partial charge in [-0.15, -0.1) is 0 Å². The highest BCUT2D eigenvalue weighted by atomic mass is 16.2. The molecule has 0 aromatic carbocycles. The Kier molecular flexibility index (Phi) is 4.07. The van der Waals surface area contributed by atoms with E-state index in [2.05, 4.69) is 52.2 Å². The van der Waals surface area contributed by atoms with Gasteiger partial charge in [0.05, 0.1) is 0 Å². The predicted octanol–water partition coefficient (Wildman–Crippen LogP) is 1.96. The zero-order valence-electron chi connectivity index (χ0n) is 12.1. The molecule has 1 aliphatic heterocycles. The minimum Gasteiger partial charge on any atom is -0.334 e. The van der Waals surface area contributed by atoms with Crippen molar-refractivity contribution in [1.29, 1.82) is 0 Å². The van der Waals surface area contributed by atoms with Crippen molar-refractivity contribution in [2.24, 2.45) is 0 Å². The summed E-state index contributed by atoms with van der Waals surface area (Å²) in [5.41, 5.74) is -0.345. The quantitative estimate of drug-likeness (QED) is 0.737. The second-order valence-corrected chi connectivity index (χ2v) is 6.82. The molecule has 0 aliphatic carbocycles. The average molecular weight is 241 g/mol. The lowest BCUT2D eigenvalue weighted by Crippen LogP contribution is -2.60. The Morgan fingerprint density at radius 3 is 2.06 bits per heavy atom. The summed E-state index contributed by atoms with van der Waals surface area (Å²) >= 11 is 0. The largest absolute Gasteiger partial charge is 0.334 e. The molecule has 0 unspecified atom stereocenters. The number of carbonyl (C=O) groups is 1. The zero-order chi connectivity index (χ0) is 13.3. The molecule has 0 aromatic heterocycles. The molecule has 17 heavy (non-hydrogen) atoms. The monoisotopic (exact) mass is 241 g/mol. The molecule has 0 bridgehead atoms. The van der Waals surface area contributed by atoms with Crippen molar-refractivity contribution < 1.29 is 4.79 Å². The molecule has 4 heteroatoms. The van der Waals surface area contributed by atoms with Crippen molar-refractivity contribution >= 4 is 6.03 Å². The zero-order valence-corrected chi connectivity index (χ0v) is 12.1. The third kappa shape index (κ3) is 3.87. The maximum Gasteiger partial charge on any atom is 0.318 e. The summed E-state index contributed by atoms with van der Waals surface area (Å²) in [6.45, 7) is 14.3. The van der Waals surface area contributed by atoms with Crippen LogP contribution in [0.3, 0.4) is 0 Å². The molecule has 1 fully saturated rings. The van der Waals surface area contributed by atoms with Crippen molar-refractivity contribution in [3.05, 3.63) is 0 Å². The first kappa shape index (κ1) is 14.3. The standard InChI is InChI=1S/C13H27N3O/c1-12(2,3)16(13(4,5)6)11(17)15-10-7-8-14-9-10/h10,14H,7-9H2,1-6H3,(H,15,17)/t10-/m1/s1. The lowest BCUT2D eigenvalue weighted by molar-refractivity contribution is 0.0724. The first-order valence-corrected chi connectivity index (χ1v) is 6.44. The van der Waals surface area contributed by atoms with E-state index in [1.165, 1.54) is 0 Å². The molecule has 4 nitrogen and oxygen atoms in total. The highest BCUT2D eigenvalue weighted by molar-refractivity contribution is 5.76. The van der Waals surface area contributed by atoms with Gasteiger partial charge in [0, 0.05) is 23.7 Å². The molecule has 2 amide bonds. The van der Waals surface area contributed by atoms with Gasteiger partial charge in [-0.1, -0.05) is 0 Å². The molecular weight excluding hydrogens is 214 g/mol. The van der Waals surface area contributed by atoms with Crippen LogP contribution in [0.1, 0.15) is 48.0 Å². The van der Waals surface area contributed by atoms with E-state index in [0.29, 0.717) is 0 Å². The van der Waals surface area contributed by atoms with Gasteiger partial charge in [-0.3, -0.25) is 0 Å². The number of rotatable bonds is 1. The van der Waals surface area contributed by atoms with Crippen LogP contribution in [0.5, 0.6) is 0 Å². The Labute approximate surface area is 105 Å². The average Bonchev–Trinajstić information content (AvgIpc) is 2.49. The van der Waals surface area contributed by atoms with E-state index in [4.69, 9.17) is 0 Å². The maximum atomic E-state index is 12.4. The summed E-state index contributed by atoms with van der Waals surface area (Å²) in [7, 11) is 0. The number of urea groups is 1. The van der Waals surface area contributed by atoms with Gasteiger partial charge in [0.2, 0.25) is 0 Å². The Bertz CT molecular complexity index is 255. The fourth-order valence-corrected chi connectivity index (χ4v) is 2.63. The van der Waals surface area contributed by atoms with Crippen LogP contribution in [-0.4, -0.2) is 41.1 Å². The molecule has 1 rings (SSSR count). The maximum absolute atomic E-state index is 12.4. The van der Waals surface area contributed by atoms with Crippen LogP contribution in [0.25, 0.3) is 0 Å². The predicted molar refractivity (Wildman–Crippen MR) is 71.2 cm³/mol. The van der Waals surface area contributed by atoms with E-state index in [9.17, 15) is 4.79 Å². The Balaban J connectivity index is 2.73. The van der Waals surface area contributed by atoms with Crippen molar-refractivity contribution in [3.8, 4) is 0 Å². The fraction of sp³-hybridized carbons (Fsp3) is 0.923. The van der Waals surface area contributed by atoms with Crippen molar-refractivity contribution in [2.75, 3.05) is 13.1 Å². The Hall–Kier alpha value is -0.770. The van der Waals surface area contributed by atoms with Gasteiger partial charge >= 0.3 is 6.03 Å². The van der Waals surface area contributed by atoms with E-state index in [-0.39, 0.29) is 23.2 Å². The summed E-state index contributed by atoms with van der Waals surface area (Å²) in [6.07, 6.45) is 1.02. The lowest BCUT2D eigenvalue weighted by Gasteiger charge is -2.45. The third-order valence-electron chi connectivity index (χ3n) is 2.93. The van der Waals surface area contributed by atoms with Crippen molar-refractivity contribution in [2.45, 2.75) is 65.1 Å². The van der Waals surface area contributed by atoms with Crippen LogP contribution in [0.2, 0.25) is 0 Å². The lowest BCUT2D eigenvalue weighted by atomic mass is 9.96. The first-order chi connectivity index (χ1) is 7.62. The van der Waals surface area contributed by atoms with E-state index < -0.39 is 0 Å². The molecule has 1 heterocycles. The highest BCUT2D eigenvalue weighted by Gasteiger charge is 2.36. The Morgan fingerprint density at radius 2 is 1.71 bits per heavy atom. The summed E-state index contributed by atoms with van der Waals surface area (Å²) in [5, 5.41) is 6.38. The summed E-state index contributed by atoms with van der Waals surface area (Å²) in [5.74, 6) is 0. The Morgan fingerprint density at radius 1 is 1.18 bits per heavy atom. The van der Waals surface area contributed by atoms with Crippen LogP contribution in [0, 0.1) is 0 Å². The SMILES string of the molecule is CC(C)(C)N(C(=O)N[C@@H]1CCNC1)C(C)(C)C. The molecule has 2 N–H and O–H groups in total. The van der Waals surface area contributed by atoms with Crippen molar-refractivity contribution in [3.63, 3.8) is 0 Å². The summed E-state index contributed by atoms with van der Waals surface area (Å²) in [6, 6.07) is 0.313. The third-order valence-corrected chi connectivity index (χ3v) is 2.93. The molecule has 1 atom stereocenters. The number of hydrogen-bond acceptors (Lipinski definition) is 2. The number of amides is 2. The van der Waals surface area contributed by atoms with Gasteiger partial charge in [-0.2, -0.15) is 0 Å². The van der Waals surface area contributed by atoms with E-state index in [0.717, 1.165) is 19.5 Å². The van der Waals surface area contributed by atoms with Gasteiger partial charge in [0.25, 0.3) is 0 Å². The van der Waals surface area contributed by atoms with Gasteiger partial charge < -0.3 is 15.5 Å². The summed E-state index contributed by atoms with van der Waals surface area (Å²) in [4.78, 5) is 14.3. The number of nitrogens with one attached hydrogen (secondary N) is 2. The second kappa shape index (κ2) is 4.84. The van der Waals surface area contributed by atoms with Crippen LogP contribution in [0.15, 0.2) is 0 Å². The molecule has 1 saturated heterocycles. The molecular formula is C13H27N3O. The second-order valence-electron chi connectivity index (χ2n) is 6.82. The normalized spacial score (nSPS) is 21.4. The minimum absolute atomic E-state index is 0.0405. The molecule has 1 aliphatic rings. The topological polar surface area (TPSA) is 44.4 Å². The fourth-order valence-electron chi connectivity index (χ4n) is 2.63. The summed E-state index contributed by atoms with van der Waals surface area (Å²) < 4.78 is 0. The molecule has 0 aromatic rings. The van der Waals surface area contributed by atoms with E-state index >= 15 is 0 Å². The molecule has 0 spiro atoms. The highest BCUT2D eigenvalue weighted by Crippen LogP contribution is 2.24.